The zero-order valence-corrected chi connectivity index (χ0v) is 25.4. The van der Waals surface area contributed by atoms with Crippen LogP contribution < -0.4 is 0 Å². The van der Waals surface area contributed by atoms with Crippen molar-refractivity contribution < 1.29 is 28.2 Å². The van der Waals surface area contributed by atoms with E-state index in [0.717, 1.165) is 12.0 Å². The van der Waals surface area contributed by atoms with E-state index in [1.54, 1.807) is 32.9 Å². The van der Waals surface area contributed by atoms with Crippen molar-refractivity contribution in [1.82, 2.24) is 29.8 Å². The Bertz CT molecular complexity index is 1540. The molecular weight excluding hydrogens is 555 g/mol. The van der Waals surface area contributed by atoms with Gasteiger partial charge in [0.25, 0.3) is 0 Å². The number of aryl methyl sites for hydroxylation is 1. The summed E-state index contributed by atoms with van der Waals surface area (Å²) in [6.07, 6.45) is 6.49. The number of halogens is 1. The van der Waals surface area contributed by atoms with Crippen LogP contribution in [0, 0.1) is 11.7 Å². The SMILES string of the molecule is CCC1CN(C(=O)OC(C)(C)C)CC1c1cc(C2=CCCN(C(=O)CCn3ccnn3)C2)c(F)c2[nH]c(C(=O)OC)cc12. The molecule has 2 atom stereocenters. The second kappa shape index (κ2) is 12.2. The highest BCUT2D eigenvalue weighted by atomic mass is 19.1. The maximum Gasteiger partial charge on any atom is 0.410 e. The van der Waals surface area contributed by atoms with Gasteiger partial charge >= 0.3 is 12.1 Å². The van der Waals surface area contributed by atoms with Crippen LogP contribution in [0.25, 0.3) is 16.5 Å². The normalized spacial score (nSPS) is 19.1. The van der Waals surface area contributed by atoms with E-state index in [4.69, 9.17) is 9.47 Å². The summed E-state index contributed by atoms with van der Waals surface area (Å²) in [6.45, 7) is 9.69. The summed E-state index contributed by atoms with van der Waals surface area (Å²) < 4.78 is 28.5. The number of H-pyrrole nitrogens is 1. The number of carbonyl (C=O) groups excluding carboxylic acids is 3. The summed E-state index contributed by atoms with van der Waals surface area (Å²) in [6, 6.07) is 3.47. The quantitative estimate of drug-likeness (QED) is 0.392. The van der Waals surface area contributed by atoms with Crippen LogP contribution in [0.2, 0.25) is 0 Å². The number of hydrogen-bond acceptors (Lipinski definition) is 7. The van der Waals surface area contributed by atoms with Crippen molar-refractivity contribution in [2.45, 2.75) is 65.0 Å². The fourth-order valence-electron chi connectivity index (χ4n) is 6.03. The molecule has 43 heavy (non-hydrogen) atoms. The molecule has 1 aromatic carbocycles. The summed E-state index contributed by atoms with van der Waals surface area (Å²) in [7, 11) is 1.28. The number of amides is 2. The van der Waals surface area contributed by atoms with Gasteiger partial charge in [0.15, 0.2) is 5.82 Å². The number of fused-ring (bicyclic) bond motifs is 1. The molecule has 0 spiro atoms. The van der Waals surface area contributed by atoms with Crippen molar-refractivity contribution in [3.05, 3.63) is 53.2 Å². The van der Waals surface area contributed by atoms with E-state index in [1.165, 1.54) is 7.11 Å². The molecule has 1 N–H and O–H groups in total. The van der Waals surface area contributed by atoms with Gasteiger partial charge < -0.3 is 24.3 Å². The number of nitrogens with one attached hydrogen (secondary N) is 1. The third-order valence-electron chi connectivity index (χ3n) is 8.18. The van der Waals surface area contributed by atoms with Gasteiger partial charge in [-0.2, -0.15) is 0 Å². The lowest BCUT2D eigenvalue weighted by atomic mass is 9.83. The molecule has 0 saturated carbocycles. The maximum atomic E-state index is 16.3. The largest absolute Gasteiger partial charge is 0.464 e. The fraction of sp³-hybridized carbons (Fsp3) is 0.516. The molecule has 0 bridgehead atoms. The molecule has 2 amide bonds. The molecule has 11 nitrogen and oxygen atoms in total. The van der Waals surface area contributed by atoms with Gasteiger partial charge in [0.05, 0.1) is 25.4 Å². The van der Waals surface area contributed by atoms with Crippen LogP contribution in [-0.4, -0.2) is 86.6 Å². The third kappa shape index (κ3) is 6.42. The number of benzene rings is 1. The molecule has 12 heteroatoms. The van der Waals surface area contributed by atoms with E-state index in [1.807, 2.05) is 32.9 Å². The molecule has 230 valence electrons. The number of rotatable bonds is 7. The lowest BCUT2D eigenvalue weighted by Gasteiger charge is -2.29. The Morgan fingerprint density at radius 1 is 1.16 bits per heavy atom. The molecular formula is C31H39FN6O5. The number of methoxy groups -OCH3 is 1. The molecule has 0 radical (unpaired) electrons. The van der Waals surface area contributed by atoms with Crippen LogP contribution in [0.15, 0.2) is 30.6 Å². The predicted octanol–water partition coefficient (Wildman–Crippen LogP) is 4.75. The standard InChI is InChI=1S/C31H39FN6O5/c1-6-19-16-37(30(41)43-31(2,3)4)18-24(19)22-14-21(27(32)28-23(22)15-25(34-28)29(40)42-5)20-8-7-11-36(17-20)26(39)9-12-38-13-10-33-35-38/h8,10,13-15,19,24,34H,6-7,9,11-12,16-18H2,1-5H3. The van der Waals surface area contributed by atoms with Gasteiger partial charge in [0.1, 0.15) is 11.3 Å². The maximum absolute atomic E-state index is 16.3. The second-order valence-corrected chi connectivity index (χ2v) is 12.2. The molecule has 2 aromatic heterocycles. The zero-order chi connectivity index (χ0) is 30.9. The van der Waals surface area contributed by atoms with E-state index in [9.17, 15) is 14.4 Å². The van der Waals surface area contributed by atoms with E-state index in [-0.39, 0.29) is 48.0 Å². The first-order chi connectivity index (χ1) is 20.5. The number of aromatic nitrogens is 4. The minimum atomic E-state index is -0.630. The summed E-state index contributed by atoms with van der Waals surface area (Å²) in [5, 5.41) is 8.27. The number of likely N-dealkylation sites (tertiary alicyclic amines) is 1. The van der Waals surface area contributed by atoms with Gasteiger partial charge in [-0.3, -0.25) is 9.48 Å². The molecule has 2 aliphatic rings. The minimum Gasteiger partial charge on any atom is -0.464 e. The third-order valence-corrected chi connectivity index (χ3v) is 8.18. The molecule has 0 aliphatic carbocycles. The van der Waals surface area contributed by atoms with Gasteiger partial charge in [0, 0.05) is 55.7 Å². The summed E-state index contributed by atoms with van der Waals surface area (Å²) in [5.41, 5.74) is 1.63. The number of carbonyl (C=O) groups is 3. The first-order valence-corrected chi connectivity index (χ1v) is 14.7. The minimum absolute atomic E-state index is 0.0505. The number of nitrogens with zero attached hydrogens (tertiary/aromatic N) is 5. The Balaban J connectivity index is 1.50. The predicted molar refractivity (Wildman–Crippen MR) is 158 cm³/mol. The molecule has 4 heterocycles. The first-order valence-electron chi connectivity index (χ1n) is 14.7. The lowest BCUT2D eigenvalue weighted by molar-refractivity contribution is -0.131. The van der Waals surface area contributed by atoms with Gasteiger partial charge in [-0.25, -0.2) is 14.0 Å². The smallest absolute Gasteiger partial charge is 0.410 e. The highest BCUT2D eigenvalue weighted by molar-refractivity contribution is 5.98. The number of aromatic amines is 1. The molecule has 2 unspecified atom stereocenters. The summed E-state index contributed by atoms with van der Waals surface area (Å²) in [5.74, 6) is -1.17. The van der Waals surface area contributed by atoms with Crippen LogP contribution >= 0.6 is 0 Å². The average Bonchev–Trinajstić information content (AvgIpc) is 3.75. The lowest BCUT2D eigenvalue weighted by Crippen LogP contribution is -2.36. The van der Waals surface area contributed by atoms with E-state index in [0.29, 0.717) is 49.1 Å². The van der Waals surface area contributed by atoms with Crippen molar-refractivity contribution >= 4 is 34.4 Å². The highest BCUT2D eigenvalue weighted by Crippen LogP contribution is 2.42. The van der Waals surface area contributed by atoms with E-state index >= 15 is 4.39 Å². The number of hydrogen-bond donors (Lipinski definition) is 1. The van der Waals surface area contributed by atoms with Crippen LogP contribution in [0.5, 0.6) is 0 Å². The highest BCUT2D eigenvalue weighted by Gasteiger charge is 2.39. The van der Waals surface area contributed by atoms with E-state index < -0.39 is 17.4 Å². The Labute approximate surface area is 250 Å². The Morgan fingerprint density at radius 2 is 1.95 bits per heavy atom. The van der Waals surface area contributed by atoms with Crippen molar-refractivity contribution in [2.24, 2.45) is 5.92 Å². The summed E-state index contributed by atoms with van der Waals surface area (Å²) in [4.78, 5) is 44.9. The van der Waals surface area contributed by atoms with Gasteiger partial charge in [-0.1, -0.05) is 24.6 Å². The van der Waals surface area contributed by atoms with Crippen molar-refractivity contribution in [3.8, 4) is 0 Å². The molecule has 1 saturated heterocycles. The molecule has 2 aliphatic heterocycles. The second-order valence-electron chi connectivity index (χ2n) is 12.2. The van der Waals surface area contributed by atoms with Gasteiger partial charge in [0.2, 0.25) is 5.91 Å². The Kier molecular flexibility index (Phi) is 8.57. The fourth-order valence-corrected chi connectivity index (χ4v) is 6.03. The summed E-state index contributed by atoms with van der Waals surface area (Å²) >= 11 is 0. The molecule has 5 rings (SSSR count). The van der Waals surface area contributed by atoms with Crippen LogP contribution in [0.4, 0.5) is 9.18 Å². The topological polar surface area (TPSA) is 123 Å². The number of ether oxygens (including phenoxy) is 2. The van der Waals surface area contributed by atoms with Gasteiger partial charge in [-0.05, 0) is 56.4 Å². The average molecular weight is 595 g/mol. The van der Waals surface area contributed by atoms with Crippen LogP contribution in [-0.2, 0) is 20.8 Å². The monoisotopic (exact) mass is 594 g/mol. The Morgan fingerprint density at radius 3 is 2.63 bits per heavy atom. The molecule has 3 aromatic rings. The Hall–Kier alpha value is -4.22. The van der Waals surface area contributed by atoms with Crippen molar-refractivity contribution in [2.75, 3.05) is 33.3 Å². The molecule has 1 fully saturated rings. The van der Waals surface area contributed by atoms with E-state index in [2.05, 4.69) is 22.2 Å². The van der Waals surface area contributed by atoms with Crippen LogP contribution in [0.1, 0.15) is 74.5 Å². The van der Waals surface area contributed by atoms with Gasteiger partial charge in [-0.15, -0.1) is 5.10 Å². The first kappa shape index (κ1) is 30.2. The number of esters is 1. The van der Waals surface area contributed by atoms with Crippen molar-refractivity contribution in [1.29, 1.82) is 0 Å². The van der Waals surface area contributed by atoms with Crippen molar-refractivity contribution in [3.63, 3.8) is 0 Å². The zero-order valence-electron chi connectivity index (χ0n) is 25.4. The van der Waals surface area contributed by atoms with Crippen LogP contribution in [0.3, 0.4) is 0 Å².